The molecule has 0 N–H and O–H groups in total. The Labute approximate surface area is 193 Å². The first-order valence-electron chi connectivity index (χ1n) is 10.5. The minimum atomic E-state index is -0.719. The van der Waals surface area contributed by atoms with Crippen LogP contribution in [0.25, 0.3) is 6.08 Å². The Morgan fingerprint density at radius 2 is 1.80 bits per heavy atom. The van der Waals surface area contributed by atoms with Crippen molar-refractivity contribution in [2.45, 2.75) is 43.7 Å². The molecule has 0 fully saturated rings. The molecule has 4 heteroatoms. The number of aryl methyl sites for hydroxylation is 1. The zero-order chi connectivity index (χ0) is 19.5. The first-order valence-corrected chi connectivity index (χ1v) is 14.1. The molecule has 30 heavy (non-hydrogen) atoms. The van der Waals surface area contributed by atoms with Crippen LogP contribution < -0.4 is 14.7 Å². The third-order valence-corrected chi connectivity index (χ3v) is 12.5. The van der Waals surface area contributed by atoms with Crippen LogP contribution in [0.2, 0.25) is 0 Å². The molecule has 3 atom stereocenters. The molecule has 156 valence electrons. The van der Waals surface area contributed by atoms with Crippen LogP contribution in [-0.4, -0.2) is 0 Å². The van der Waals surface area contributed by atoms with Gasteiger partial charge in [0.15, 0.2) is 0 Å². The quantitative estimate of drug-likeness (QED) is 0.500. The van der Waals surface area contributed by atoms with Gasteiger partial charge in [0.2, 0.25) is 0 Å². The average Bonchev–Trinajstić information content (AvgIpc) is 3.29. The Bertz CT molecular complexity index is 961. The molecule has 2 aromatic rings. The second-order valence-corrected chi connectivity index (χ2v) is 13.0. The Kier molecular flexibility index (Phi) is 9.58. The fraction of sp³-hybridized carbons (Fsp3) is 0.308. The van der Waals surface area contributed by atoms with Crippen molar-refractivity contribution >= 4 is 20.0 Å². The molecule has 0 spiro atoms. The average molecular weight is 502 g/mol. The van der Waals surface area contributed by atoms with Crippen molar-refractivity contribution in [3.05, 3.63) is 91.5 Å². The van der Waals surface area contributed by atoms with Crippen molar-refractivity contribution in [1.82, 2.24) is 0 Å². The van der Waals surface area contributed by atoms with Crippen LogP contribution >= 0.6 is 8.58 Å². The molecule has 4 rings (SSSR count). The van der Waals surface area contributed by atoms with E-state index in [1.54, 1.807) is 16.5 Å². The van der Waals surface area contributed by atoms with E-state index in [4.69, 9.17) is 0 Å². The maximum absolute atomic E-state index is 2.52. The minimum absolute atomic E-state index is 0. The number of benzene rings is 2. The fourth-order valence-corrected chi connectivity index (χ4v) is 10.9. The van der Waals surface area contributed by atoms with Crippen molar-refractivity contribution in [1.29, 1.82) is 0 Å². The van der Waals surface area contributed by atoms with Crippen molar-refractivity contribution < 1.29 is 32.6 Å². The summed E-state index contributed by atoms with van der Waals surface area (Å²) in [6.45, 7) is 7.00. The standard InChI is InChI=1S/C16H14P.C10H15.2FH.Zr/c1-12-6-2-5-9-16(12)17-15-10-13-7-3-4-8-14(13)11-15;1-3-6-9(2)10-7-4-5-8-10;;;/h2-11,17H,1H3;4,7,9H,3,5-6H2,1-2H3;2*1H;/q;;;;+2/p-2. The zero-order valence-corrected chi connectivity index (χ0v) is 21.3. The molecule has 0 radical (unpaired) electrons. The van der Waals surface area contributed by atoms with Crippen LogP contribution in [0, 0.1) is 12.8 Å². The smallest absolute Gasteiger partial charge is 1.00 e. The van der Waals surface area contributed by atoms with Crippen molar-refractivity contribution in [3.63, 3.8) is 0 Å². The van der Waals surface area contributed by atoms with Gasteiger partial charge in [0.25, 0.3) is 0 Å². The third kappa shape index (κ3) is 5.35. The summed E-state index contributed by atoms with van der Waals surface area (Å²) in [5.41, 5.74) is 6.20. The van der Waals surface area contributed by atoms with Gasteiger partial charge in [-0.05, 0) is 0 Å². The number of allylic oxidation sites excluding steroid dienone is 5. The summed E-state index contributed by atoms with van der Waals surface area (Å²) < 4.78 is 2.54. The van der Waals surface area contributed by atoms with Gasteiger partial charge in [-0.1, -0.05) is 0 Å². The van der Waals surface area contributed by atoms with E-state index in [9.17, 15) is 0 Å². The van der Waals surface area contributed by atoms with Crippen molar-refractivity contribution in [3.8, 4) is 0 Å². The van der Waals surface area contributed by atoms with Crippen LogP contribution in [0.15, 0.2) is 74.9 Å². The van der Waals surface area contributed by atoms with Gasteiger partial charge in [0.1, 0.15) is 0 Å². The molecular weight excluding hydrogens is 472 g/mol. The van der Waals surface area contributed by atoms with Gasteiger partial charge < -0.3 is 9.41 Å². The SMILES string of the molecule is CCCC(C)C1=[C]([Zr+2][CH]2C(Pc3ccccc3C)=Cc3ccccc32)CC=C1.[F-].[F-]. The largest absolute Gasteiger partial charge is 1.00 e. The van der Waals surface area contributed by atoms with E-state index < -0.39 is 23.2 Å². The molecule has 0 bridgehead atoms. The van der Waals surface area contributed by atoms with Crippen LogP contribution in [0.1, 0.15) is 53.4 Å². The molecule has 0 saturated heterocycles. The van der Waals surface area contributed by atoms with E-state index in [1.165, 1.54) is 35.7 Å². The Hall–Kier alpha value is -1.17. The van der Waals surface area contributed by atoms with E-state index in [2.05, 4.69) is 87.5 Å². The van der Waals surface area contributed by atoms with E-state index in [-0.39, 0.29) is 9.41 Å². The van der Waals surface area contributed by atoms with Crippen LogP contribution in [0.3, 0.4) is 0 Å². The normalized spacial score (nSPS) is 18.0. The molecule has 2 aliphatic rings. The minimum Gasteiger partial charge on any atom is -1.00 e. The van der Waals surface area contributed by atoms with E-state index >= 15 is 0 Å². The van der Waals surface area contributed by atoms with E-state index in [1.807, 2.05) is 3.28 Å². The molecular formula is C26H29F2PZr. The Balaban J connectivity index is 0.00000160. The second-order valence-electron chi connectivity index (χ2n) is 7.98. The van der Waals surface area contributed by atoms with E-state index in [0.717, 1.165) is 14.5 Å². The first kappa shape index (κ1) is 25.1. The maximum Gasteiger partial charge on any atom is -1.00 e. The van der Waals surface area contributed by atoms with Crippen molar-refractivity contribution in [2.75, 3.05) is 0 Å². The summed E-state index contributed by atoms with van der Waals surface area (Å²) in [6.07, 6.45) is 11.2. The summed E-state index contributed by atoms with van der Waals surface area (Å²) in [5, 5.41) is 3.20. The van der Waals surface area contributed by atoms with Crippen LogP contribution in [-0.2, 0) is 23.2 Å². The monoisotopic (exact) mass is 500 g/mol. The molecule has 2 aliphatic carbocycles. The molecule has 2 aromatic carbocycles. The predicted octanol–water partition coefficient (Wildman–Crippen LogP) is 1.14. The Morgan fingerprint density at radius 1 is 1.07 bits per heavy atom. The Morgan fingerprint density at radius 3 is 2.57 bits per heavy atom. The van der Waals surface area contributed by atoms with Crippen molar-refractivity contribution in [2.24, 2.45) is 5.92 Å². The van der Waals surface area contributed by atoms with Crippen LogP contribution in [0.5, 0.6) is 0 Å². The number of hydrogen-bond donors (Lipinski definition) is 0. The van der Waals surface area contributed by atoms with Gasteiger partial charge in [-0.25, -0.2) is 0 Å². The third-order valence-electron chi connectivity index (χ3n) is 5.89. The summed E-state index contributed by atoms with van der Waals surface area (Å²) in [4.78, 5) is 0. The molecule has 0 heterocycles. The fourth-order valence-electron chi connectivity index (χ4n) is 4.34. The van der Waals surface area contributed by atoms with Crippen LogP contribution in [0.4, 0.5) is 0 Å². The molecule has 3 unspecified atom stereocenters. The van der Waals surface area contributed by atoms with Gasteiger partial charge in [-0.15, -0.1) is 0 Å². The number of halogens is 2. The molecule has 0 aromatic heterocycles. The zero-order valence-electron chi connectivity index (χ0n) is 17.9. The summed E-state index contributed by atoms with van der Waals surface area (Å²) >= 11 is -0.719. The molecule has 0 amide bonds. The number of rotatable bonds is 7. The second kappa shape index (κ2) is 11.5. The molecule has 0 aliphatic heterocycles. The maximum atomic E-state index is 2.52. The van der Waals surface area contributed by atoms with E-state index in [0.29, 0.717) is 3.63 Å². The van der Waals surface area contributed by atoms with Gasteiger partial charge >= 0.3 is 184 Å². The summed E-state index contributed by atoms with van der Waals surface area (Å²) in [7, 11) is 0.804. The number of hydrogen-bond acceptors (Lipinski definition) is 0. The molecule has 0 nitrogen and oxygen atoms in total. The molecule has 0 saturated carbocycles. The van der Waals surface area contributed by atoms with Gasteiger partial charge in [-0.3, -0.25) is 0 Å². The van der Waals surface area contributed by atoms with Gasteiger partial charge in [-0.2, -0.15) is 0 Å². The van der Waals surface area contributed by atoms with Gasteiger partial charge in [0, 0.05) is 0 Å². The summed E-state index contributed by atoms with van der Waals surface area (Å²) in [5.74, 6) is 0.725. The summed E-state index contributed by atoms with van der Waals surface area (Å²) in [6, 6.07) is 18.1. The predicted molar refractivity (Wildman–Crippen MR) is 121 cm³/mol. The first-order chi connectivity index (χ1) is 13.7. The topological polar surface area (TPSA) is 0 Å². The van der Waals surface area contributed by atoms with Gasteiger partial charge in [0.05, 0.1) is 0 Å². The number of fused-ring (bicyclic) bond motifs is 1.